The first-order valence-corrected chi connectivity index (χ1v) is 12.6. The molecule has 2 aromatic carbocycles. The molecule has 2 aromatic rings. The van der Waals surface area contributed by atoms with Gasteiger partial charge in [0.25, 0.3) is 15.9 Å². The van der Waals surface area contributed by atoms with Crippen molar-refractivity contribution in [2.45, 2.75) is 44.6 Å². The average molecular weight is 494 g/mol. The number of nitrogens with one attached hydrogen (secondary N) is 2. The Morgan fingerprint density at radius 1 is 1.09 bits per heavy atom. The van der Waals surface area contributed by atoms with Crippen LogP contribution in [0, 0.1) is 13.8 Å². The van der Waals surface area contributed by atoms with Crippen LogP contribution < -0.4 is 10.0 Å². The summed E-state index contributed by atoms with van der Waals surface area (Å²) in [6, 6.07) is 9.14. The zero-order chi connectivity index (χ0) is 24.2. The van der Waals surface area contributed by atoms with Gasteiger partial charge in [-0.2, -0.15) is 0 Å². The maximum absolute atomic E-state index is 12.9. The third-order valence-corrected chi connectivity index (χ3v) is 7.32. The number of piperidine rings is 1. The molecule has 0 bridgehead atoms. The molecular formula is C23H28ClN3O5S. The summed E-state index contributed by atoms with van der Waals surface area (Å²) in [7, 11) is -3.92. The predicted octanol–water partition coefficient (Wildman–Crippen LogP) is 4.11. The van der Waals surface area contributed by atoms with Crippen molar-refractivity contribution < 1.29 is 22.7 Å². The molecule has 0 unspecified atom stereocenters. The second kappa shape index (κ2) is 10.4. The first kappa shape index (κ1) is 24.9. The lowest BCUT2D eigenvalue weighted by molar-refractivity contribution is 0.0860. The van der Waals surface area contributed by atoms with Crippen molar-refractivity contribution in [3.05, 3.63) is 58.1 Å². The van der Waals surface area contributed by atoms with E-state index in [1.54, 1.807) is 24.0 Å². The molecule has 0 saturated carbocycles. The summed E-state index contributed by atoms with van der Waals surface area (Å²) >= 11 is 6.21. The van der Waals surface area contributed by atoms with Gasteiger partial charge in [0.1, 0.15) is 0 Å². The number of rotatable bonds is 6. The summed E-state index contributed by atoms with van der Waals surface area (Å²) < 4.78 is 33.3. The van der Waals surface area contributed by atoms with Crippen LogP contribution in [-0.2, 0) is 14.8 Å². The maximum Gasteiger partial charge on any atom is 0.409 e. The number of hydrogen-bond donors (Lipinski definition) is 2. The number of likely N-dealkylation sites (tertiary alicyclic amines) is 1. The lowest BCUT2D eigenvalue weighted by Crippen LogP contribution is -2.46. The zero-order valence-electron chi connectivity index (χ0n) is 18.9. The van der Waals surface area contributed by atoms with Crippen molar-refractivity contribution in [1.82, 2.24) is 10.2 Å². The molecule has 1 saturated heterocycles. The highest BCUT2D eigenvalue weighted by Crippen LogP contribution is 2.24. The quantitative estimate of drug-likeness (QED) is 0.630. The molecule has 1 aliphatic heterocycles. The fourth-order valence-corrected chi connectivity index (χ4v) is 4.83. The molecular weight excluding hydrogens is 466 g/mol. The molecule has 10 heteroatoms. The molecule has 1 fully saturated rings. The van der Waals surface area contributed by atoms with Crippen LogP contribution >= 0.6 is 11.6 Å². The van der Waals surface area contributed by atoms with Crippen LogP contribution in [0.5, 0.6) is 0 Å². The molecule has 3 rings (SSSR count). The molecule has 0 aromatic heterocycles. The van der Waals surface area contributed by atoms with Gasteiger partial charge in [-0.05, 0) is 75.1 Å². The number of sulfonamides is 1. The van der Waals surface area contributed by atoms with Gasteiger partial charge in [0, 0.05) is 24.8 Å². The van der Waals surface area contributed by atoms with E-state index in [0.717, 1.165) is 11.1 Å². The number of nitrogens with zero attached hydrogens (tertiary/aromatic N) is 1. The fraction of sp³-hybridized carbons (Fsp3) is 0.391. The summed E-state index contributed by atoms with van der Waals surface area (Å²) in [5, 5.41) is 3.05. The van der Waals surface area contributed by atoms with E-state index in [-0.39, 0.29) is 27.6 Å². The van der Waals surface area contributed by atoms with E-state index in [4.69, 9.17) is 16.3 Å². The minimum absolute atomic E-state index is 0.0626. The molecule has 1 aliphatic rings. The molecule has 0 atom stereocenters. The Bertz CT molecular complexity index is 1140. The highest BCUT2D eigenvalue weighted by molar-refractivity contribution is 7.92. The van der Waals surface area contributed by atoms with Crippen LogP contribution in [0.2, 0.25) is 5.02 Å². The van der Waals surface area contributed by atoms with E-state index < -0.39 is 15.9 Å². The number of benzene rings is 2. The van der Waals surface area contributed by atoms with E-state index in [2.05, 4.69) is 10.0 Å². The van der Waals surface area contributed by atoms with Crippen molar-refractivity contribution in [2.24, 2.45) is 0 Å². The van der Waals surface area contributed by atoms with Crippen molar-refractivity contribution in [1.29, 1.82) is 0 Å². The normalized spacial score (nSPS) is 14.6. The molecule has 1 heterocycles. The van der Waals surface area contributed by atoms with Gasteiger partial charge < -0.3 is 15.0 Å². The van der Waals surface area contributed by atoms with E-state index in [1.165, 1.54) is 18.2 Å². The Labute approximate surface area is 199 Å². The Balaban J connectivity index is 1.70. The second-order valence-corrected chi connectivity index (χ2v) is 10.1. The highest BCUT2D eigenvalue weighted by atomic mass is 35.5. The van der Waals surface area contributed by atoms with Crippen molar-refractivity contribution in [3.63, 3.8) is 0 Å². The summed E-state index contributed by atoms with van der Waals surface area (Å²) in [5.41, 5.74) is 2.52. The van der Waals surface area contributed by atoms with Gasteiger partial charge in [0.05, 0.1) is 22.1 Å². The van der Waals surface area contributed by atoms with Crippen LogP contribution in [0.15, 0.2) is 41.3 Å². The second-order valence-electron chi connectivity index (χ2n) is 7.98. The van der Waals surface area contributed by atoms with Gasteiger partial charge >= 0.3 is 6.09 Å². The van der Waals surface area contributed by atoms with Gasteiger partial charge in [0.15, 0.2) is 0 Å². The van der Waals surface area contributed by atoms with E-state index in [9.17, 15) is 18.0 Å². The molecule has 8 nitrogen and oxygen atoms in total. The number of halogens is 1. The Morgan fingerprint density at radius 3 is 2.42 bits per heavy atom. The van der Waals surface area contributed by atoms with Crippen LogP contribution in [0.25, 0.3) is 0 Å². The largest absolute Gasteiger partial charge is 0.450 e. The number of carbonyl (C=O) groups is 2. The van der Waals surface area contributed by atoms with Gasteiger partial charge in [-0.1, -0.05) is 17.7 Å². The minimum atomic E-state index is -3.92. The number of carbonyl (C=O) groups excluding carboxylic acids is 2. The molecule has 0 aliphatic carbocycles. The monoisotopic (exact) mass is 493 g/mol. The van der Waals surface area contributed by atoms with Crippen LogP contribution in [0.3, 0.4) is 0 Å². The first-order chi connectivity index (χ1) is 15.6. The first-order valence-electron chi connectivity index (χ1n) is 10.7. The van der Waals surface area contributed by atoms with Crippen LogP contribution in [0.4, 0.5) is 10.5 Å². The smallest absolute Gasteiger partial charge is 0.409 e. The van der Waals surface area contributed by atoms with Gasteiger partial charge in [0.2, 0.25) is 0 Å². The minimum Gasteiger partial charge on any atom is -0.450 e. The van der Waals surface area contributed by atoms with Gasteiger partial charge in [-0.15, -0.1) is 0 Å². The van der Waals surface area contributed by atoms with Crippen molar-refractivity contribution in [2.75, 3.05) is 24.4 Å². The number of anilines is 1. The number of aryl methyl sites for hydroxylation is 2. The Kier molecular flexibility index (Phi) is 7.86. The van der Waals surface area contributed by atoms with Crippen LogP contribution in [-0.4, -0.2) is 51.1 Å². The van der Waals surface area contributed by atoms with Gasteiger partial charge in [-0.25, -0.2) is 13.2 Å². The van der Waals surface area contributed by atoms with E-state index in [0.29, 0.717) is 38.2 Å². The number of hydrogen-bond acceptors (Lipinski definition) is 5. The maximum atomic E-state index is 12.9. The van der Waals surface area contributed by atoms with Crippen molar-refractivity contribution >= 4 is 39.3 Å². The van der Waals surface area contributed by atoms with Crippen LogP contribution in [0.1, 0.15) is 41.3 Å². The van der Waals surface area contributed by atoms with E-state index in [1.807, 2.05) is 19.9 Å². The third-order valence-electron chi connectivity index (χ3n) is 5.61. The van der Waals surface area contributed by atoms with Crippen molar-refractivity contribution in [3.8, 4) is 0 Å². The Hall–Kier alpha value is -2.78. The lowest BCUT2D eigenvalue weighted by Gasteiger charge is -2.31. The summed E-state index contributed by atoms with van der Waals surface area (Å²) in [4.78, 5) is 26.2. The predicted molar refractivity (Wildman–Crippen MR) is 127 cm³/mol. The number of ether oxygens (including phenoxy) is 1. The topological polar surface area (TPSA) is 105 Å². The molecule has 0 radical (unpaired) electrons. The number of amides is 2. The summed E-state index contributed by atoms with van der Waals surface area (Å²) in [5.74, 6) is -0.460. The molecule has 2 N–H and O–H groups in total. The lowest BCUT2D eigenvalue weighted by atomic mass is 10.0. The molecule has 178 valence electrons. The van der Waals surface area contributed by atoms with E-state index >= 15 is 0 Å². The zero-order valence-corrected chi connectivity index (χ0v) is 20.4. The SMILES string of the molecule is CCOC(=O)N1CCC(NC(=O)c2cc(S(=O)(=O)Nc3ccc(C)c(C)c3)ccc2Cl)CC1. The molecule has 2 amide bonds. The fourth-order valence-electron chi connectivity index (χ4n) is 3.55. The van der Waals surface area contributed by atoms with Gasteiger partial charge in [-0.3, -0.25) is 9.52 Å². The molecule has 0 spiro atoms. The Morgan fingerprint density at radius 2 is 1.79 bits per heavy atom. The standard InChI is InChI=1S/C23H28ClN3O5S/c1-4-32-23(29)27-11-9-17(10-12-27)25-22(28)20-14-19(7-8-21(20)24)33(30,31)26-18-6-5-15(2)16(3)13-18/h5-8,13-14,17,26H,4,9-12H2,1-3H3,(H,25,28). The average Bonchev–Trinajstić information content (AvgIpc) is 2.77. The highest BCUT2D eigenvalue weighted by Gasteiger charge is 2.26. The third kappa shape index (κ3) is 6.17. The summed E-state index contributed by atoms with van der Waals surface area (Å²) in [6.07, 6.45) is 0.766. The molecule has 33 heavy (non-hydrogen) atoms. The summed E-state index contributed by atoms with van der Waals surface area (Å²) in [6.45, 7) is 6.83.